The first kappa shape index (κ1) is 15.9. The van der Waals surface area contributed by atoms with Crippen LogP contribution < -0.4 is 15.4 Å². The number of hydrogen-bond acceptors (Lipinski definition) is 6. The van der Waals surface area contributed by atoms with Gasteiger partial charge in [0.05, 0.1) is 30.9 Å². The Hall–Kier alpha value is -2.19. The predicted molar refractivity (Wildman–Crippen MR) is 73.0 cm³/mol. The summed E-state index contributed by atoms with van der Waals surface area (Å²) in [6, 6.07) is 4.00. The molecule has 1 aromatic rings. The van der Waals surface area contributed by atoms with Crippen molar-refractivity contribution in [1.29, 1.82) is 0 Å². The highest BCUT2D eigenvalue weighted by Crippen LogP contribution is 2.28. The fourth-order valence-electron chi connectivity index (χ4n) is 1.48. The van der Waals surface area contributed by atoms with Crippen LogP contribution in [0.5, 0.6) is 5.75 Å². The Morgan fingerprint density at radius 3 is 2.75 bits per heavy atom. The highest BCUT2D eigenvalue weighted by molar-refractivity contribution is 5.94. The molecule has 0 bridgehead atoms. The van der Waals surface area contributed by atoms with Gasteiger partial charge in [-0.2, -0.15) is 0 Å². The lowest BCUT2D eigenvalue weighted by molar-refractivity contribution is -0.384. The maximum absolute atomic E-state index is 11.7. The zero-order chi connectivity index (χ0) is 15.0. The third kappa shape index (κ3) is 4.82. The van der Waals surface area contributed by atoms with E-state index < -0.39 is 4.92 Å². The van der Waals surface area contributed by atoms with Gasteiger partial charge in [-0.05, 0) is 6.07 Å². The molecule has 0 aliphatic carbocycles. The SMILES string of the molecule is COCCNCC(=O)Nc1cc([N+](=O)[O-])ccc1OC. The number of anilines is 1. The van der Waals surface area contributed by atoms with E-state index >= 15 is 0 Å². The van der Waals surface area contributed by atoms with Crippen molar-refractivity contribution in [2.24, 2.45) is 0 Å². The van der Waals surface area contributed by atoms with Crippen LogP contribution in [0.3, 0.4) is 0 Å². The summed E-state index contributed by atoms with van der Waals surface area (Å²) in [7, 11) is 2.99. The van der Waals surface area contributed by atoms with E-state index in [4.69, 9.17) is 9.47 Å². The first-order chi connectivity index (χ1) is 9.58. The van der Waals surface area contributed by atoms with Crippen LogP contribution in [0.1, 0.15) is 0 Å². The molecule has 0 radical (unpaired) electrons. The normalized spacial score (nSPS) is 10.1. The van der Waals surface area contributed by atoms with Crippen molar-refractivity contribution in [2.45, 2.75) is 0 Å². The maximum atomic E-state index is 11.7. The number of rotatable bonds is 8. The van der Waals surface area contributed by atoms with Crippen molar-refractivity contribution in [3.63, 3.8) is 0 Å². The zero-order valence-corrected chi connectivity index (χ0v) is 11.3. The van der Waals surface area contributed by atoms with Crippen molar-refractivity contribution >= 4 is 17.3 Å². The Morgan fingerprint density at radius 2 is 2.15 bits per heavy atom. The number of amides is 1. The summed E-state index contributed by atoms with van der Waals surface area (Å²) in [5.41, 5.74) is 0.147. The van der Waals surface area contributed by atoms with Crippen molar-refractivity contribution in [3.05, 3.63) is 28.3 Å². The van der Waals surface area contributed by atoms with Gasteiger partial charge in [0.1, 0.15) is 5.75 Å². The number of non-ortho nitro benzene ring substituents is 1. The van der Waals surface area contributed by atoms with E-state index in [1.165, 1.54) is 25.3 Å². The van der Waals surface area contributed by atoms with E-state index in [1.54, 1.807) is 7.11 Å². The number of nitrogens with one attached hydrogen (secondary N) is 2. The van der Waals surface area contributed by atoms with Crippen molar-refractivity contribution in [2.75, 3.05) is 39.2 Å². The minimum absolute atomic E-state index is 0.0786. The maximum Gasteiger partial charge on any atom is 0.271 e. The molecule has 1 aromatic carbocycles. The average molecular weight is 283 g/mol. The van der Waals surface area contributed by atoms with Gasteiger partial charge in [-0.1, -0.05) is 0 Å². The van der Waals surface area contributed by atoms with Gasteiger partial charge in [-0.3, -0.25) is 14.9 Å². The van der Waals surface area contributed by atoms with Crippen LogP contribution in [0.2, 0.25) is 0 Å². The number of carbonyl (C=O) groups is 1. The molecule has 0 aliphatic rings. The van der Waals surface area contributed by atoms with E-state index in [0.717, 1.165) is 0 Å². The molecule has 0 atom stereocenters. The molecular formula is C12H17N3O5. The fraction of sp³-hybridized carbons (Fsp3) is 0.417. The lowest BCUT2D eigenvalue weighted by Crippen LogP contribution is -2.30. The highest BCUT2D eigenvalue weighted by atomic mass is 16.6. The summed E-state index contributed by atoms with van der Waals surface area (Å²) in [6.45, 7) is 1.11. The van der Waals surface area contributed by atoms with Crippen LogP contribution >= 0.6 is 0 Å². The molecule has 0 heterocycles. The largest absolute Gasteiger partial charge is 0.495 e. The number of hydrogen-bond donors (Lipinski definition) is 2. The number of methoxy groups -OCH3 is 2. The monoisotopic (exact) mass is 283 g/mol. The van der Waals surface area contributed by atoms with Crippen LogP contribution in [0.4, 0.5) is 11.4 Å². The summed E-state index contributed by atoms with van der Waals surface area (Å²) in [6.07, 6.45) is 0. The van der Waals surface area contributed by atoms with Crippen LogP contribution in [0, 0.1) is 10.1 Å². The molecule has 0 aromatic heterocycles. The molecule has 0 fully saturated rings. The summed E-state index contributed by atoms with van der Waals surface area (Å²) >= 11 is 0. The molecule has 20 heavy (non-hydrogen) atoms. The number of nitrogens with zero attached hydrogens (tertiary/aromatic N) is 1. The third-order valence-electron chi connectivity index (χ3n) is 2.44. The van der Waals surface area contributed by atoms with Crippen LogP contribution in [-0.4, -0.2) is 44.7 Å². The molecule has 1 rings (SSSR count). The molecule has 1 amide bonds. The van der Waals surface area contributed by atoms with Gasteiger partial charge in [-0.25, -0.2) is 0 Å². The quantitative estimate of drug-likeness (QED) is 0.415. The van der Waals surface area contributed by atoms with Gasteiger partial charge < -0.3 is 20.1 Å². The molecule has 0 spiro atoms. The molecule has 8 nitrogen and oxygen atoms in total. The standard InChI is InChI=1S/C12H17N3O5/c1-19-6-5-13-8-12(16)14-10-7-9(15(17)18)3-4-11(10)20-2/h3-4,7,13H,5-6,8H2,1-2H3,(H,14,16). The first-order valence-electron chi connectivity index (χ1n) is 5.90. The Kier molecular flexibility index (Phi) is 6.41. The van der Waals surface area contributed by atoms with Gasteiger partial charge in [-0.15, -0.1) is 0 Å². The van der Waals surface area contributed by atoms with Crippen LogP contribution in [-0.2, 0) is 9.53 Å². The number of benzene rings is 1. The number of nitro groups is 1. The van der Waals surface area contributed by atoms with Crippen molar-refractivity contribution < 1.29 is 19.2 Å². The molecule has 0 aliphatic heterocycles. The minimum Gasteiger partial charge on any atom is -0.495 e. The van der Waals surface area contributed by atoms with Gasteiger partial charge in [0, 0.05) is 25.8 Å². The molecule has 0 saturated heterocycles. The summed E-state index contributed by atoms with van der Waals surface area (Å²) in [4.78, 5) is 21.9. The second-order valence-electron chi connectivity index (χ2n) is 3.86. The highest BCUT2D eigenvalue weighted by Gasteiger charge is 2.13. The Bertz CT molecular complexity index is 478. The molecule has 0 saturated carbocycles. The number of carbonyl (C=O) groups excluding carboxylic acids is 1. The Morgan fingerprint density at radius 1 is 1.40 bits per heavy atom. The fourth-order valence-corrected chi connectivity index (χ4v) is 1.48. The minimum atomic E-state index is -0.536. The predicted octanol–water partition coefficient (Wildman–Crippen LogP) is 0.778. The van der Waals surface area contributed by atoms with E-state index in [1.807, 2.05) is 0 Å². The van der Waals surface area contributed by atoms with E-state index in [-0.39, 0.29) is 23.8 Å². The van der Waals surface area contributed by atoms with E-state index in [9.17, 15) is 14.9 Å². The van der Waals surface area contributed by atoms with Gasteiger partial charge in [0.2, 0.25) is 5.91 Å². The molecular weight excluding hydrogens is 266 g/mol. The zero-order valence-electron chi connectivity index (χ0n) is 11.3. The second-order valence-corrected chi connectivity index (χ2v) is 3.86. The number of ether oxygens (including phenoxy) is 2. The average Bonchev–Trinajstić information content (AvgIpc) is 2.43. The molecule has 2 N–H and O–H groups in total. The van der Waals surface area contributed by atoms with Crippen molar-refractivity contribution in [3.8, 4) is 5.75 Å². The summed E-state index contributed by atoms with van der Waals surface area (Å²) < 4.78 is 9.88. The van der Waals surface area contributed by atoms with Gasteiger partial charge in [0.25, 0.3) is 5.69 Å². The Labute approximate surface area is 116 Å². The topological polar surface area (TPSA) is 103 Å². The van der Waals surface area contributed by atoms with Crippen LogP contribution in [0.15, 0.2) is 18.2 Å². The number of nitro benzene ring substituents is 1. The second kappa shape index (κ2) is 8.08. The third-order valence-corrected chi connectivity index (χ3v) is 2.44. The van der Waals surface area contributed by atoms with E-state index in [2.05, 4.69) is 10.6 Å². The summed E-state index contributed by atoms with van der Waals surface area (Å²) in [5, 5.41) is 16.1. The first-order valence-corrected chi connectivity index (χ1v) is 5.90. The van der Waals surface area contributed by atoms with Crippen LogP contribution in [0.25, 0.3) is 0 Å². The molecule has 8 heteroatoms. The molecule has 110 valence electrons. The lowest BCUT2D eigenvalue weighted by Gasteiger charge is -2.10. The van der Waals surface area contributed by atoms with Crippen molar-refractivity contribution in [1.82, 2.24) is 5.32 Å². The smallest absolute Gasteiger partial charge is 0.271 e. The summed E-state index contributed by atoms with van der Waals surface area (Å²) in [5.74, 6) is 0.0424. The van der Waals surface area contributed by atoms with Gasteiger partial charge >= 0.3 is 0 Å². The van der Waals surface area contributed by atoms with E-state index in [0.29, 0.717) is 18.9 Å². The van der Waals surface area contributed by atoms with Gasteiger partial charge in [0.15, 0.2) is 0 Å². The lowest BCUT2D eigenvalue weighted by atomic mass is 10.2. The molecule has 0 unspecified atom stereocenters. The Balaban J connectivity index is 2.67.